The van der Waals surface area contributed by atoms with Crippen LogP contribution in [0.25, 0.3) is 0 Å². The van der Waals surface area contributed by atoms with Crippen LogP contribution in [-0.4, -0.2) is 43.7 Å². The maximum atomic E-state index is 11.7. The molecule has 1 rings (SSSR count). The number of carbonyl (C=O) groups is 2. The number of carbonyl (C=O) groups excluding carboxylic acids is 2. The molecule has 1 atom stereocenters. The third-order valence-electron chi connectivity index (χ3n) is 2.31. The second-order valence-electron chi connectivity index (χ2n) is 3.69. The minimum atomic E-state index is -0.590. The normalized spacial score (nSPS) is 11.7. The second-order valence-corrected chi connectivity index (χ2v) is 3.69. The van der Waals surface area contributed by atoms with Crippen LogP contribution >= 0.6 is 0 Å². The molecule has 0 bridgehead atoms. The quantitative estimate of drug-likeness (QED) is 0.775. The molecule has 0 radical (unpaired) electrons. The van der Waals surface area contributed by atoms with Crippen LogP contribution in [0.2, 0.25) is 0 Å². The number of hydrogen-bond donors (Lipinski definition) is 1. The molecule has 1 heterocycles. The van der Waals surface area contributed by atoms with E-state index in [2.05, 4.69) is 15.0 Å². The number of esters is 2. The van der Waals surface area contributed by atoms with Crippen molar-refractivity contribution in [2.45, 2.75) is 13.0 Å². The van der Waals surface area contributed by atoms with Gasteiger partial charge in [-0.15, -0.1) is 0 Å². The zero-order valence-corrected chi connectivity index (χ0v) is 10.6. The van der Waals surface area contributed by atoms with Gasteiger partial charge in [0, 0.05) is 6.04 Å². The van der Waals surface area contributed by atoms with Crippen LogP contribution in [0.3, 0.4) is 0 Å². The molecule has 1 N–H and O–H groups in total. The van der Waals surface area contributed by atoms with E-state index in [0.29, 0.717) is 0 Å². The molecule has 6 heteroatoms. The molecule has 0 aliphatic rings. The summed E-state index contributed by atoms with van der Waals surface area (Å²) in [6.45, 7) is 2.12. The molecule has 0 saturated carbocycles. The number of aromatic nitrogens is 1. The minimum absolute atomic E-state index is 0.0535. The molecule has 98 valence electrons. The van der Waals surface area contributed by atoms with E-state index in [-0.39, 0.29) is 24.0 Å². The molecule has 0 aliphatic carbocycles. The Morgan fingerprint density at radius 1 is 1.33 bits per heavy atom. The van der Waals surface area contributed by atoms with Gasteiger partial charge in [0.2, 0.25) is 0 Å². The Morgan fingerprint density at radius 3 is 2.50 bits per heavy atom. The van der Waals surface area contributed by atoms with Gasteiger partial charge in [-0.25, -0.2) is 14.6 Å². The van der Waals surface area contributed by atoms with E-state index in [0.717, 1.165) is 0 Å². The average molecular weight is 252 g/mol. The Hall–Kier alpha value is -1.95. The predicted octanol–water partition coefficient (Wildman–Crippen LogP) is 0.633. The molecular formula is C12H16N2O4. The lowest BCUT2D eigenvalue weighted by molar-refractivity contribution is 0.0468. The highest BCUT2D eigenvalue weighted by Gasteiger charge is 2.14. The van der Waals surface area contributed by atoms with Gasteiger partial charge < -0.3 is 14.8 Å². The molecular weight excluding hydrogens is 236 g/mol. The number of likely N-dealkylation sites (N-methyl/N-ethyl adjacent to an activating group) is 1. The number of nitrogens with zero attached hydrogens (tertiary/aromatic N) is 1. The summed E-state index contributed by atoms with van der Waals surface area (Å²) in [4.78, 5) is 26.8. The van der Waals surface area contributed by atoms with Crippen molar-refractivity contribution in [3.05, 3.63) is 29.6 Å². The summed E-state index contributed by atoms with van der Waals surface area (Å²) < 4.78 is 9.56. The summed E-state index contributed by atoms with van der Waals surface area (Å²) in [5.41, 5.74) is 0.162. The van der Waals surface area contributed by atoms with Crippen molar-refractivity contribution in [3.8, 4) is 0 Å². The Morgan fingerprint density at radius 2 is 1.94 bits per heavy atom. The van der Waals surface area contributed by atoms with E-state index in [1.165, 1.54) is 19.2 Å². The Labute approximate surface area is 105 Å². The first-order valence-electron chi connectivity index (χ1n) is 5.48. The first kappa shape index (κ1) is 14.1. The van der Waals surface area contributed by atoms with Crippen molar-refractivity contribution in [1.29, 1.82) is 0 Å². The van der Waals surface area contributed by atoms with Crippen LogP contribution in [0.4, 0.5) is 0 Å². The zero-order valence-electron chi connectivity index (χ0n) is 10.6. The minimum Gasteiger partial charge on any atom is -0.464 e. The average Bonchev–Trinajstić information content (AvgIpc) is 2.43. The largest absolute Gasteiger partial charge is 0.464 e. The lowest BCUT2D eigenvalue weighted by Crippen LogP contribution is -2.28. The molecule has 0 aliphatic heterocycles. The van der Waals surface area contributed by atoms with Crippen molar-refractivity contribution in [2.24, 2.45) is 0 Å². The maximum absolute atomic E-state index is 11.7. The molecule has 0 unspecified atom stereocenters. The Balaban J connectivity index is 2.71. The lowest BCUT2D eigenvalue weighted by atomic mass is 10.3. The second kappa shape index (κ2) is 6.70. The van der Waals surface area contributed by atoms with Crippen LogP contribution < -0.4 is 5.32 Å². The van der Waals surface area contributed by atoms with E-state index < -0.39 is 11.9 Å². The fourth-order valence-corrected chi connectivity index (χ4v) is 1.12. The Kier molecular flexibility index (Phi) is 5.26. The molecule has 0 amide bonds. The monoisotopic (exact) mass is 252 g/mol. The Bertz CT molecular complexity index is 434. The number of ether oxygens (including phenoxy) is 2. The first-order chi connectivity index (χ1) is 8.58. The topological polar surface area (TPSA) is 77.5 Å². The van der Waals surface area contributed by atoms with Crippen LogP contribution in [0.1, 0.15) is 27.9 Å². The van der Waals surface area contributed by atoms with Gasteiger partial charge in [-0.2, -0.15) is 0 Å². The fourth-order valence-electron chi connectivity index (χ4n) is 1.12. The van der Waals surface area contributed by atoms with Gasteiger partial charge in [0.25, 0.3) is 0 Å². The van der Waals surface area contributed by atoms with E-state index in [4.69, 9.17) is 4.74 Å². The molecule has 0 spiro atoms. The van der Waals surface area contributed by atoms with Crippen LogP contribution in [0.5, 0.6) is 0 Å². The number of pyridine rings is 1. The fraction of sp³-hybridized carbons (Fsp3) is 0.417. The van der Waals surface area contributed by atoms with Crippen LogP contribution in [0.15, 0.2) is 18.2 Å². The number of methoxy groups -OCH3 is 1. The van der Waals surface area contributed by atoms with Gasteiger partial charge in [-0.3, -0.25) is 0 Å². The van der Waals surface area contributed by atoms with E-state index in [1.54, 1.807) is 13.1 Å². The standard InChI is InChI=1S/C12H16N2O4/c1-8(13-2)7-18-12(16)10-6-4-5-9(14-10)11(15)17-3/h4-6,8,13H,7H2,1-3H3/t8-/m1/s1. The van der Waals surface area contributed by atoms with Crippen molar-refractivity contribution >= 4 is 11.9 Å². The molecule has 1 aromatic rings. The summed E-state index contributed by atoms with van der Waals surface area (Å²) in [7, 11) is 3.03. The summed E-state index contributed by atoms with van der Waals surface area (Å²) in [5.74, 6) is -1.16. The SMILES string of the molecule is CN[C@H](C)COC(=O)c1cccc(C(=O)OC)n1. The van der Waals surface area contributed by atoms with Crippen molar-refractivity contribution in [3.63, 3.8) is 0 Å². The van der Waals surface area contributed by atoms with Crippen molar-refractivity contribution < 1.29 is 19.1 Å². The van der Waals surface area contributed by atoms with Gasteiger partial charge in [0.1, 0.15) is 18.0 Å². The molecule has 1 aromatic heterocycles. The molecule has 0 fully saturated rings. The zero-order chi connectivity index (χ0) is 13.5. The van der Waals surface area contributed by atoms with E-state index >= 15 is 0 Å². The van der Waals surface area contributed by atoms with Gasteiger partial charge in [-0.1, -0.05) is 6.07 Å². The highest BCUT2D eigenvalue weighted by Crippen LogP contribution is 2.03. The molecule has 6 nitrogen and oxygen atoms in total. The third kappa shape index (κ3) is 3.81. The highest BCUT2D eigenvalue weighted by atomic mass is 16.5. The summed E-state index contributed by atoms with van der Waals surface area (Å²) in [6.07, 6.45) is 0. The van der Waals surface area contributed by atoms with Crippen molar-refractivity contribution in [2.75, 3.05) is 20.8 Å². The van der Waals surface area contributed by atoms with Crippen molar-refractivity contribution in [1.82, 2.24) is 10.3 Å². The summed E-state index contributed by atoms with van der Waals surface area (Å²) in [6, 6.07) is 4.56. The van der Waals surface area contributed by atoms with Crippen LogP contribution in [-0.2, 0) is 9.47 Å². The molecule has 0 saturated heterocycles. The number of rotatable bonds is 5. The molecule has 0 aromatic carbocycles. The third-order valence-corrected chi connectivity index (χ3v) is 2.31. The molecule has 18 heavy (non-hydrogen) atoms. The van der Waals surface area contributed by atoms with Gasteiger partial charge >= 0.3 is 11.9 Å². The van der Waals surface area contributed by atoms with Gasteiger partial charge in [0.05, 0.1) is 7.11 Å². The lowest BCUT2D eigenvalue weighted by Gasteiger charge is -2.10. The first-order valence-corrected chi connectivity index (χ1v) is 5.48. The smallest absolute Gasteiger partial charge is 0.357 e. The van der Waals surface area contributed by atoms with E-state index in [1.807, 2.05) is 6.92 Å². The summed E-state index contributed by atoms with van der Waals surface area (Å²) >= 11 is 0. The van der Waals surface area contributed by atoms with Crippen LogP contribution in [0, 0.1) is 0 Å². The summed E-state index contributed by atoms with van der Waals surface area (Å²) in [5, 5.41) is 2.94. The van der Waals surface area contributed by atoms with E-state index in [9.17, 15) is 9.59 Å². The number of nitrogens with one attached hydrogen (secondary N) is 1. The predicted molar refractivity (Wildman–Crippen MR) is 64.4 cm³/mol. The van der Waals surface area contributed by atoms with Gasteiger partial charge in [-0.05, 0) is 26.1 Å². The maximum Gasteiger partial charge on any atom is 0.357 e. The van der Waals surface area contributed by atoms with Gasteiger partial charge in [0.15, 0.2) is 0 Å². The number of hydrogen-bond acceptors (Lipinski definition) is 6. The highest BCUT2D eigenvalue weighted by molar-refractivity contribution is 5.91.